The molecule has 5 nitrogen and oxygen atoms in total. The number of hydrogen-bond donors (Lipinski definition) is 2. The van der Waals surface area contributed by atoms with Gasteiger partial charge in [0.25, 0.3) is 5.91 Å². The summed E-state index contributed by atoms with van der Waals surface area (Å²) in [6.07, 6.45) is 2.41. The fourth-order valence-electron chi connectivity index (χ4n) is 4.30. The van der Waals surface area contributed by atoms with Gasteiger partial charge in [-0.3, -0.25) is 4.79 Å². The zero-order valence-electron chi connectivity index (χ0n) is 16.6. The van der Waals surface area contributed by atoms with Crippen molar-refractivity contribution in [3.63, 3.8) is 0 Å². The molecule has 4 aromatic rings. The molecular formula is C24H22N4OS. The van der Waals surface area contributed by atoms with Crippen molar-refractivity contribution in [2.75, 3.05) is 0 Å². The van der Waals surface area contributed by atoms with Crippen molar-refractivity contribution in [3.8, 4) is 0 Å². The summed E-state index contributed by atoms with van der Waals surface area (Å²) in [6, 6.07) is 15.6. The van der Waals surface area contributed by atoms with E-state index in [1.165, 1.54) is 5.56 Å². The SMILES string of the molecule is Cc1csc2ncnc(C3Cc4cc(C(=O)NCc5ccccc5)ccc4C3N)c12. The molecule has 2 aromatic carbocycles. The average molecular weight is 415 g/mol. The fraction of sp³-hybridized carbons (Fsp3) is 0.208. The number of rotatable bonds is 4. The molecule has 0 saturated carbocycles. The summed E-state index contributed by atoms with van der Waals surface area (Å²) < 4.78 is 0. The van der Waals surface area contributed by atoms with Crippen molar-refractivity contribution in [1.29, 1.82) is 0 Å². The topological polar surface area (TPSA) is 80.9 Å². The summed E-state index contributed by atoms with van der Waals surface area (Å²) >= 11 is 1.64. The van der Waals surface area contributed by atoms with Gasteiger partial charge in [-0.25, -0.2) is 9.97 Å². The molecule has 6 heteroatoms. The summed E-state index contributed by atoms with van der Waals surface area (Å²) in [5.41, 5.74) is 12.8. The standard InChI is InChI=1S/C24H22N4OS/c1-14-12-30-24-20(14)22(27-13-28-24)19-10-17-9-16(7-8-18(17)21(19)25)23(29)26-11-15-5-3-2-4-6-15/h2-9,12-13,19,21H,10-11,25H2,1H3,(H,26,29). The van der Waals surface area contributed by atoms with Crippen molar-refractivity contribution in [2.24, 2.45) is 5.73 Å². The van der Waals surface area contributed by atoms with Crippen LogP contribution in [0.4, 0.5) is 0 Å². The van der Waals surface area contributed by atoms with Crippen LogP contribution in [0.25, 0.3) is 10.2 Å². The van der Waals surface area contributed by atoms with Crippen LogP contribution < -0.4 is 11.1 Å². The van der Waals surface area contributed by atoms with Crippen molar-refractivity contribution in [1.82, 2.24) is 15.3 Å². The number of aryl methyl sites for hydroxylation is 1. The number of nitrogens with one attached hydrogen (secondary N) is 1. The number of hydrogen-bond acceptors (Lipinski definition) is 5. The molecule has 2 unspecified atom stereocenters. The first-order chi connectivity index (χ1) is 14.6. The first-order valence-electron chi connectivity index (χ1n) is 10.0. The molecular weight excluding hydrogens is 392 g/mol. The molecule has 3 N–H and O–H groups in total. The highest BCUT2D eigenvalue weighted by Crippen LogP contribution is 2.43. The lowest BCUT2D eigenvalue weighted by Gasteiger charge is -2.16. The Bertz CT molecular complexity index is 1230. The molecule has 0 aliphatic heterocycles. The summed E-state index contributed by atoms with van der Waals surface area (Å²) in [6.45, 7) is 2.60. The van der Waals surface area contributed by atoms with E-state index in [2.05, 4.69) is 27.6 Å². The number of carbonyl (C=O) groups excluding carboxylic acids is 1. The predicted molar refractivity (Wildman–Crippen MR) is 120 cm³/mol. The molecule has 0 radical (unpaired) electrons. The molecule has 2 atom stereocenters. The number of amides is 1. The van der Waals surface area contributed by atoms with Gasteiger partial charge >= 0.3 is 0 Å². The molecule has 0 fully saturated rings. The maximum atomic E-state index is 12.7. The number of nitrogens with two attached hydrogens (primary N) is 1. The second-order valence-corrected chi connectivity index (χ2v) is 8.63. The van der Waals surface area contributed by atoms with Gasteiger partial charge in [0.1, 0.15) is 11.2 Å². The van der Waals surface area contributed by atoms with E-state index in [0.717, 1.165) is 39.0 Å². The van der Waals surface area contributed by atoms with Crippen LogP contribution in [0.5, 0.6) is 0 Å². The van der Waals surface area contributed by atoms with Gasteiger partial charge in [-0.1, -0.05) is 36.4 Å². The van der Waals surface area contributed by atoms with Crippen LogP contribution in [0.3, 0.4) is 0 Å². The minimum Gasteiger partial charge on any atom is -0.348 e. The first-order valence-corrected chi connectivity index (χ1v) is 10.9. The van der Waals surface area contributed by atoms with E-state index in [1.54, 1.807) is 17.7 Å². The number of nitrogens with zero attached hydrogens (tertiary/aromatic N) is 2. The highest BCUT2D eigenvalue weighted by molar-refractivity contribution is 7.16. The molecule has 150 valence electrons. The number of benzene rings is 2. The Morgan fingerprint density at radius 1 is 1.20 bits per heavy atom. The average Bonchev–Trinajstić information content (AvgIpc) is 3.32. The zero-order valence-corrected chi connectivity index (χ0v) is 17.4. The van der Waals surface area contributed by atoms with E-state index in [9.17, 15) is 4.79 Å². The minimum atomic E-state index is -0.140. The summed E-state index contributed by atoms with van der Waals surface area (Å²) in [5.74, 6) is 0.0122. The van der Waals surface area contributed by atoms with Gasteiger partial charge in [-0.05, 0) is 53.1 Å². The normalized spacial score (nSPS) is 17.8. The molecule has 5 rings (SSSR count). The number of fused-ring (bicyclic) bond motifs is 2. The maximum Gasteiger partial charge on any atom is 0.251 e. The van der Waals surface area contributed by atoms with Gasteiger partial charge in [0, 0.05) is 29.5 Å². The molecule has 0 spiro atoms. The van der Waals surface area contributed by atoms with Crippen LogP contribution in [0.1, 0.15) is 50.3 Å². The molecule has 2 heterocycles. The van der Waals surface area contributed by atoms with Crippen molar-refractivity contribution in [2.45, 2.75) is 31.8 Å². The van der Waals surface area contributed by atoms with E-state index in [-0.39, 0.29) is 17.9 Å². The molecule has 2 aromatic heterocycles. The Morgan fingerprint density at radius 3 is 2.87 bits per heavy atom. The predicted octanol–water partition coefficient (Wildman–Crippen LogP) is 4.27. The third-order valence-electron chi connectivity index (χ3n) is 5.87. The van der Waals surface area contributed by atoms with Gasteiger partial charge in [-0.2, -0.15) is 0 Å². The lowest BCUT2D eigenvalue weighted by Crippen LogP contribution is -2.23. The lowest BCUT2D eigenvalue weighted by atomic mass is 9.94. The van der Waals surface area contributed by atoms with Gasteiger partial charge < -0.3 is 11.1 Å². The van der Waals surface area contributed by atoms with Crippen molar-refractivity contribution in [3.05, 3.63) is 93.7 Å². The Hall–Kier alpha value is -3.09. The van der Waals surface area contributed by atoms with E-state index in [0.29, 0.717) is 12.1 Å². The largest absolute Gasteiger partial charge is 0.348 e. The van der Waals surface area contributed by atoms with Gasteiger partial charge in [0.05, 0.1) is 5.69 Å². The molecule has 0 saturated heterocycles. The van der Waals surface area contributed by atoms with Gasteiger partial charge in [0.2, 0.25) is 0 Å². The number of thiophene rings is 1. The van der Waals surface area contributed by atoms with Crippen LogP contribution in [-0.2, 0) is 13.0 Å². The zero-order chi connectivity index (χ0) is 20.7. The van der Waals surface area contributed by atoms with Crippen molar-refractivity contribution >= 4 is 27.5 Å². The van der Waals surface area contributed by atoms with Crippen molar-refractivity contribution < 1.29 is 4.79 Å². The third-order valence-corrected chi connectivity index (χ3v) is 6.87. The molecule has 1 amide bonds. The monoisotopic (exact) mass is 414 g/mol. The summed E-state index contributed by atoms with van der Waals surface area (Å²) in [4.78, 5) is 22.7. The van der Waals surface area contributed by atoms with E-state index in [1.807, 2.05) is 48.5 Å². The number of aromatic nitrogens is 2. The van der Waals surface area contributed by atoms with E-state index in [4.69, 9.17) is 5.73 Å². The smallest absolute Gasteiger partial charge is 0.251 e. The van der Waals surface area contributed by atoms with Crippen LogP contribution in [-0.4, -0.2) is 15.9 Å². The lowest BCUT2D eigenvalue weighted by molar-refractivity contribution is 0.0951. The Labute approximate surface area is 179 Å². The highest BCUT2D eigenvalue weighted by Gasteiger charge is 2.34. The van der Waals surface area contributed by atoms with Crippen LogP contribution in [0.15, 0.2) is 60.2 Å². The Balaban J connectivity index is 1.39. The van der Waals surface area contributed by atoms with E-state index < -0.39 is 0 Å². The third kappa shape index (κ3) is 3.28. The first kappa shape index (κ1) is 18.9. The molecule has 0 bridgehead atoms. The second kappa shape index (κ2) is 7.63. The molecule has 1 aliphatic carbocycles. The van der Waals surface area contributed by atoms with Gasteiger partial charge in [-0.15, -0.1) is 11.3 Å². The minimum absolute atomic E-state index is 0.0724. The van der Waals surface area contributed by atoms with Crippen LogP contribution >= 0.6 is 11.3 Å². The summed E-state index contributed by atoms with van der Waals surface area (Å²) in [7, 11) is 0. The van der Waals surface area contributed by atoms with E-state index >= 15 is 0 Å². The van der Waals surface area contributed by atoms with Crippen LogP contribution in [0, 0.1) is 6.92 Å². The maximum absolute atomic E-state index is 12.7. The molecule has 30 heavy (non-hydrogen) atoms. The molecule has 1 aliphatic rings. The summed E-state index contributed by atoms with van der Waals surface area (Å²) in [5, 5.41) is 6.24. The fourth-order valence-corrected chi connectivity index (χ4v) is 5.20. The number of carbonyl (C=O) groups is 1. The van der Waals surface area contributed by atoms with Gasteiger partial charge in [0.15, 0.2) is 0 Å². The quantitative estimate of drug-likeness (QED) is 0.523. The second-order valence-electron chi connectivity index (χ2n) is 7.78. The van der Waals surface area contributed by atoms with Crippen LogP contribution in [0.2, 0.25) is 0 Å². The Kier molecular flexibility index (Phi) is 4.81. The highest BCUT2D eigenvalue weighted by atomic mass is 32.1. The Morgan fingerprint density at radius 2 is 2.03 bits per heavy atom.